The van der Waals surface area contributed by atoms with Gasteiger partial charge in [0, 0.05) is 45.9 Å². The maximum absolute atomic E-state index is 12.9. The maximum Gasteiger partial charge on any atom is 0.261 e. The van der Waals surface area contributed by atoms with Gasteiger partial charge < -0.3 is 19.1 Å². The predicted molar refractivity (Wildman–Crippen MR) is 156 cm³/mol. The third kappa shape index (κ3) is 7.59. The van der Waals surface area contributed by atoms with E-state index in [0.29, 0.717) is 23.6 Å². The van der Waals surface area contributed by atoms with E-state index in [2.05, 4.69) is 68.8 Å². The van der Waals surface area contributed by atoms with Crippen LogP contribution in [-0.2, 0) is 11.3 Å². The van der Waals surface area contributed by atoms with Crippen LogP contribution >= 0.6 is 0 Å². The fraction of sp³-hybridized carbons (Fsp3) is 0.312. The van der Waals surface area contributed by atoms with Gasteiger partial charge in [-0.15, -0.1) is 0 Å². The van der Waals surface area contributed by atoms with E-state index in [1.54, 1.807) is 37.4 Å². The lowest BCUT2D eigenvalue weighted by atomic mass is 9.96. The number of rotatable bonds is 12. The topological polar surface area (TPSA) is 100 Å². The third-order valence-corrected chi connectivity index (χ3v) is 7.12. The first-order valence-electron chi connectivity index (χ1n) is 13.8. The molecule has 0 bridgehead atoms. The first kappa shape index (κ1) is 28.5. The Labute approximate surface area is 240 Å². The molecule has 0 radical (unpaired) electrons. The minimum Gasteiger partial charge on any atom is -0.490 e. The Morgan fingerprint density at radius 3 is 2.24 bits per heavy atom. The summed E-state index contributed by atoms with van der Waals surface area (Å²) in [6.07, 6.45) is -0.706. The number of hydrogen-bond donors (Lipinski definition) is 2. The van der Waals surface area contributed by atoms with Crippen molar-refractivity contribution in [3.05, 3.63) is 113 Å². The number of hydrogen-bond acceptors (Lipinski definition) is 8. The molecule has 1 amide bonds. The van der Waals surface area contributed by atoms with Gasteiger partial charge in [-0.1, -0.05) is 78.0 Å². The Morgan fingerprint density at radius 2 is 1.59 bits per heavy atom. The number of piperazine rings is 1. The third-order valence-electron chi connectivity index (χ3n) is 7.12. The van der Waals surface area contributed by atoms with Crippen LogP contribution in [-0.4, -0.2) is 78.5 Å². The summed E-state index contributed by atoms with van der Waals surface area (Å²) in [7, 11) is 1.56. The molecule has 9 nitrogen and oxygen atoms in total. The second kappa shape index (κ2) is 14.0. The Hall–Kier alpha value is -4.02. The fourth-order valence-electron chi connectivity index (χ4n) is 5.17. The van der Waals surface area contributed by atoms with E-state index in [1.807, 2.05) is 12.1 Å². The van der Waals surface area contributed by atoms with E-state index in [-0.39, 0.29) is 25.1 Å². The molecule has 5 rings (SSSR count). The van der Waals surface area contributed by atoms with Crippen molar-refractivity contribution >= 4 is 11.8 Å². The number of para-hydroxylation sites is 1. The number of aromatic nitrogens is 1. The van der Waals surface area contributed by atoms with E-state index in [1.165, 1.54) is 11.1 Å². The lowest BCUT2D eigenvalue weighted by molar-refractivity contribution is 0.0398. The standard InChI is InChI=1S/C32H36N4O5/c1-39-22-26-20-30(41-34-26)33-32(38)28-14-8-9-15-29(28)40-23-27(37)21-35-16-18-36(19-17-35)31(24-10-4-2-5-11-24)25-12-6-3-7-13-25/h2-15,20,27,31,37H,16-19,21-23H2,1H3,(H,33,38). The maximum atomic E-state index is 12.9. The molecule has 41 heavy (non-hydrogen) atoms. The molecule has 2 N–H and O–H groups in total. The molecule has 1 aliphatic rings. The van der Waals surface area contributed by atoms with Crippen LogP contribution in [0.15, 0.2) is 95.5 Å². The van der Waals surface area contributed by atoms with Crippen LogP contribution in [0.2, 0.25) is 0 Å². The highest BCUT2D eigenvalue weighted by Gasteiger charge is 2.27. The van der Waals surface area contributed by atoms with Gasteiger partial charge in [-0.2, -0.15) is 0 Å². The summed E-state index contributed by atoms with van der Waals surface area (Å²) in [6, 6.07) is 29.9. The summed E-state index contributed by atoms with van der Waals surface area (Å²) in [5.74, 6) is 0.217. The molecule has 0 aliphatic carbocycles. The van der Waals surface area contributed by atoms with Gasteiger partial charge in [0.2, 0.25) is 5.88 Å². The van der Waals surface area contributed by atoms with Crippen molar-refractivity contribution < 1.29 is 23.9 Å². The summed E-state index contributed by atoms with van der Waals surface area (Å²) in [5, 5.41) is 17.3. The molecule has 0 spiro atoms. The highest BCUT2D eigenvalue weighted by Crippen LogP contribution is 2.29. The molecule has 3 aromatic carbocycles. The van der Waals surface area contributed by atoms with E-state index >= 15 is 0 Å². The first-order chi connectivity index (χ1) is 20.1. The van der Waals surface area contributed by atoms with Crippen LogP contribution < -0.4 is 10.1 Å². The van der Waals surface area contributed by atoms with Crippen molar-refractivity contribution in [2.75, 3.05) is 51.8 Å². The fourth-order valence-corrected chi connectivity index (χ4v) is 5.17. The molecule has 1 atom stereocenters. The molecule has 1 aliphatic heterocycles. The number of carbonyl (C=O) groups excluding carboxylic acids is 1. The molecule has 1 aromatic heterocycles. The minimum absolute atomic E-state index is 0.0709. The van der Waals surface area contributed by atoms with Gasteiger partial charge in [-0.05, 0) is 23.3 Å². The molecule has 2 heterocycles. The van der Waals surface area contributed by atoms with Gasteiger partial charge >= 0.3 is 0 Å². The molecule has 9 heteroatoms. The van der Waals surface area contributed by atoms with Gasteiger partial charge in [0.1, 0.15) is 24.2 Å². The van der Waals surface area contributed by atoms with Gasteiger partial charge in [-0.3, -0.25) is 19.9 Å². The normalized spacial score (nSPS) is 15.1. The molecular weight excluding hydrogens is 520 g/mol. The second-order valence-electron chi connectivity index (χ2n) is 10.1. The zero-order valence-electron chi connectivity index (χ0n) is 23.2. The lowest BCUT2D eigenvalue weighted by Gasteiger charge is -2.40. The number of β-amino-alcohol motifs (C(OH)–C–C–N with tert-alkyl or cyclic N) is 1. The second-order valence-corrected chi connectivity index (χ2v) is 10.1. The zero-order valence-corrected chi connectivity index (χ0v) is 23.2. The Kier molecular flexibility index (Phi) is 9.77. The summed E-state index contributed by atoms with van der Waals surface area (Å²) in [4.78, 5) is 17.6. The number of nitrogens with one attached hydrogen (secondary N) is 1. The minimum atomic E-state index is -0.706. The van der Waals surface area contributed by atoms with E-state index in [0.717, 1.165) is 26.2 Å². The van der Waals surface area contributed by atoms with Crippen LogP contribution in [0, 0.1) is 0 Å². The average molecular weight is 557 g/mol. The van der Waals surface area contributed by atoms with Crippen molar-refractivity contribution in [2.24, 2.45) is 0 Å². The summed E-state index contributed by atoms with van der Waals surface area (Å²) in [6.45, 7) is 4.30. The van der Waals surface area contributed by atoms with Crippen molar-refractivity contribution in [2.45, 2.75) is 18.8 Å². The monoisotopic (exact) mass is 556 g/mol. The van der Waals surface area contributed by atoms with Gasteiger partial charge in [0.25, 0.3) is 5.91 Å². The number of benzene rings is 3. The number of amides is 1. The van der Waals surface area contributed by atoms with Gasteiger partial charge in [0.15, 0.2) is 0 Å². The molecule has 1 saturated heterocycles. The van der Waals surface area contributed by atoms with Crippen molar-refractivity contribution in [1.82, 2.24) is 15.0 Å². The Balaban J connectivity index is 1.13. The SMILES string of the molecule is COCc1cc(NC(=O)c2ccccc2OCC(O)CN2CCN(C(c3ccccc3)c3ccccc3)CC2)on1. The Bertz CT molecular complexity index is 1330. The van der Waals surface area contributed by atoms with Crippen molar-refractivity contribution in [3.8, 4) is 5.75 Å². The molecule has 4 aromatic rings. The van der Waals surface area contributed by atoms with Crippen LogP contribution in [0.1, 0.15) is 33.2 Å². The number of anilines is 1. The average Bonchev–Trinajstić information content (AvgIpc) is 3.45. The van der Waals surface area contributed by atoms with Crippen LogP contribution in [0.3, 0.4) is 0 Å². The van der Waals surface area contributed by atoms with E-state index in [9.17, 15) is 9.90 Å². The number of aliphatic hydroxyl groups excluding tert-OH is 1. The Morgan fingerprint density at radius 1 is 0.951 bits per heavy atom. The number of aliphatic hydroxyl groups is 1. The van der Waals surface area contributed by atoms with Crippen molar-refractivity contribution in [3.63, 3.8) is 0 Å². The lowest BCUT2D eigenvalue weighted by Crippen LogP contribution is -2.50. The summed E-state index contributed by atoms with van der Waals surface area (Å²) < 4.78 is 16.1. The van der Waals surface area contributed by atoms with E-state index < -0.39 is 12.0 Å². The molecule has 1 fully saturated rings. The highest BCUT2D eigenvalue weighted by atomic mass is 16.5. The summed E-state index contributed by atoms with van der Waals surface area (Å²) >= 11 is 0. The van der Waals surface area contributed by atoms with Gasteiger partial charge in [0.05, 0.1) is 18.2 Å². The smallest absolute Gasteiger partial charge is 0.261 e. The van der Waals surface area contributed by atoms with E-state index in [4.69, 9.17) is 14.0 Å². The number of carbonyl (C=O) groups is 1. The molecule has 0 saturated carbocycles. The number of ether oxygens (including phenoxy) is 2. The van der Waals surface area contributed by atoms with Crippen LogP contribution in [0.5, 0.6) is 5.75 Å². The number of methoxy groups -OCH3 is 1. The predicted octanol–water partition coefficient (Wildman–Crippen LogP) is 4.22. The van der Waals surface area contributed by atoms with Crippen molar-refractivity contribution in [1.29, 1.82) is 0 Å². The highest BCUT2D eigenvalue weighted by molar-refractivity contribution is 6.05. The quantitative estimate of drug-likeness (QED) is 0.268. The molecule has 214 valence electrons. The zero-order chi connectivity index (χ0) is 28.4. The molecule has 1 unspecified atom stereocenters. The van der Waals surface area contributed by atoms with Crippen LogP contribution in [0.4, 0.5) is 5.88 Å². The molecular formula is C32H36N4O5. The number of nitrogens with zero attached hydrogens (tertiary/aromatic N) is 3. The van der Waals surface area contributed by atoms with Crippen LogP contribution in [0.25, 0.3) is 0 Å². The van der Waals surface area contributed by atoms with Gasteiger partial charge in [-0.25, -0.2) is 0 Å². The first-order valence-corrected chi connectivity index (χ1v) is 13.8. The summed E-state index contributed by atoms with van der Waals surface area (Å²) in [5.41, 5.74) is 3.47. The largest absolute Gasteiger partial charge is 0.490 e.